The van der Waals surface area contributed by atoms with Crippen LogP contribution in [0.2, 0.25) is 0 Å². The SMILES string of the molecule is C=C[C@H](O)CNCc1ccccc1. The summed E-state index contributed by atoms with van der Waals surface area (Å²) in [5.41, 5.74) is 1.22. The van der Waals surface area contributed by atoms with E-state index in [0.717, 1.165) is 6.54 Å². The molecule has 0 unspecified atom stereocenters. The number of aliphatic hydroxyl groups is 1. The number of hydrogen-bond acceptors (Lipinski definition) is 2. The summed E-state index contributed by atoms with van der Waals surface area (Å²) in [7, 11) is 0. The van der Waals surface area contributed by atoms with Crippen molar-refractivity contribution in [3.63, 3.8) is 0 Å². The van der Waals surface area contributed by atoms with Gasteiger partial charge in [-0.05, 0) is 5.56 Å². The molecule has 0 heterocycles. The van der Waals surface area contributed by atoms with Crippen LogP contribution < -0.4 is 5.32 Å². The first-order valence-corrected chi connectivity index (χ1v) is 4.38. The van der Waals surface area contributed by atoms with Crippen LogP contribution >= 0.6 is 0 Å². The Bertz CT molecular complexity index is 246. The smallest absolute Gasteiger partial charge is 0.0842 e. The number of hydrogen-bond donors (Lipinski definition) is 2. The van der Waals surface area contributed by atoms with Crippen molar-refractivity contribution in [1.82, 2.24) is 5.32 Å². The predicted octanol–water partition coefficient (Wildman–Crippen LogP) is 1.32. The third kappa shape index (κ3) is 3.87. The third-order valence-electron chi connectivity index (χ3n) is 1.80. The molecule has 2 N–H and O–H groups in total. The molecule has 2 heteroatoms. The predicted molar refractivity (Wildman–Crippen MR) is 54.4 cm³/mol. The molecule has 70 valence electrons. The van der Waals surface area contributed by atoms with Gasteiger partial charge < -0.3 is 10.4 Å². The van der Waals surface area contributed by atoms with Gasteiger partial charge in [0.15, 0.2) is 0 Å². The van der Waals surface area contributed by atoms with Crippen molar-refractivity contribution in [3.8, 4) is 0 Å². The first-order valence-electron chi connectivity index (χ1n) is 4.38. The van der Waals surface area contributed by atoms with Crippen molar-refractivity contribution in [2.45, 2.75) is 12.6 Å². The van der Waals surface area contributed by atoms with E-state index in [-0.39, 0.29) is 0 Å². The second-order valence-electron chi connectivity index (χ2n) is 2.92. The summed E-state index contributed by atoms with van der Waals surface area (Å²) >= 11 is 0. The summed E-state index contributed by atoms with van der Waals surface area (Å²) in [6, 6.07) is 10.1. The Hall–Kier alpha value is -1.12. The first kappa shape index (κ1) is 9.96. The second-order valence-corrected chi connectivity index (χ2v) is 2.92. The van der Waals surface area contributed by atoms with Crippen LogP contribution in [0.15, 0.2) is 43.0 Å². The van der Waals surface area contributed by atoms with Gasteiger partial charge in [0, 0.05) is 13.1 Å². The highest BCUT2D eigenvalue weighted by Crippen LogP contribution is 1.96. The summed E-state index contributed by atoms with van der Waals surface area (Å²) < 4.78 is 0. The van der Waals surface area contributed by atoms with Gasteiger partial charge >= 0.3 is 0 Å². The molecule has 0 saturated carbocycles. The Kier molecular flexibility index (Phi) is 4.23. The molecule has 1 aromatic rings. The zero-order valence-corrected chi connectivity index (χ0v) is 7.61. The molecule has 1 aromatic carbocycles. The van der Waals surface area contributed by atoms with Gasteiger partial charge in [-0.2, -0.15) is 0 Å². The maximum absolute atomic E-state index is 9.16. The van der Waals surface area contributed by atoms with Gasteiger partial charge in [-0.25, -0.2) is 0 Å². The average molecular weight is 177 g/mol. The summed E-state index contributed by atoms with van der Waals surface area (Å²) in [6.07, 6.45) is 1.07. The van der Waals surface area contributed by atoms with Gasteiger partial charge in [-0.1, -0.05) is 36.4 Å². The minimum Gasteiger partial charge on any atom is -0.388 e. The lowest BCUT2D eigenvalue weighted by molar-refractivity contribution is 0.219. The van der Waals surface area contributed by atoms with Crippen molar-refractivity contribution < 1.29 is 5.11 Å². The third-order valence-corrected chi connectivity index (χ3v) is 1.80. The van der Waals surface area contributed by atoms with Gasteiger partial charge in [0.25, 0.3) is 0 Å². The number of rotatable bonds is 5. The molecule has 0 aromatic heterocycles. The van der Waals surface area contributed by atoms with E-state index in [1.165, 1.54) is 11.6 Å². The molecule has 0 radical (unpaired) electrons. The van der Waals surface area contributed by atoms with Crippen molar-refractivity contribution >= 4 is 0 Å². The van der Waals surface area contributed by atoms with Crippen LogP contribution in [-0.2, 0) is 6.54 Å². The van der Waals surface area contributed by atoms with Crippen LogP contribution in [0.4, 0.5) is 0 Å². The number of nitrogens with one attached hydrogen (secondary N) is 1. The van der Waals surface area contributed by atoms with E-state index in [2.05, 4.69) is 11.9 Å². The lowest BCUT2D eigenvalue weighted by Gasteiger charge is -2.06. The summed E-state index contributed by atoms with van der Waals surface area (Å²) in [6.45, 7) is 4.83. The van der Waals surface area contributed by atoms with Crippen LogP contribution in [-0.4, -0.2) is 17.8 Å². The Morgan fingerprint density at radius 1 is 1.38 bits per heavy atom. The lowest BCUT2D eigenvalue weighted by Crippen LogP contribution is -2.24. The molecule has 0 saturated heterocycles. The Balaban J connectivity index is 2.24. The monoisotopic (exact) mass is 177 g/mol. The minimum atomic E-state index is -0.455. The van der Waals surface area contributed by atoms with Gasteiger partial charge in [-0.15, -0.1) is 6.58 Å². The van der Waals surface area contributed by atoms with Crippen molar-refractivity contribution in [3.05, 3.63) is 48.6 Å². The van der Waals surface area contributed by atoms with E-state index in [0.29, 0.717) is 6.54 Å². The molecule has 1 atom stereocenters. The zero-order chi connectivity index (χ0) is 9.52. The second kappa shape index (κ2) is 5.51. The van der Waals surface area contributed by atoms with Gasteiger partial charge in [0.2, 0.25) is 0 Å². The fraction of sp³-hybridized carbons (Fsp3) is 0.273. The van der Waals surface area contributed by atoms with E-state index < -0.39 is 6.10 Å². The molecule has 0 aliphatic rings. The molecule has 0 bridgehead atoms. The van der Waals surface area contributed by atoms with Crippen molar-refractivity contribution in [2.24, 2.45) is 0 Å². The highest BCUT2D eigenvalue weighted by atomic mass is 16.3. The minimum absolute atomic E-state index is 0.455. The molecule has 13 heavy (non-hydrogen) atoms. The van der Waals surface area contributed by atoms with E-state index in [1.807, 2.05) is 30.3 Å². The van der Waals surface area contributed by atoms with E-state index in [1.54, 1.807) is 0 Å². The van der Waals surface area contributed by atoms with Crippen LogP contribution in [0.1, 0.15) is 5.56 Å². The van der Waals surface area contributed by atoms with Crippen LogP contribution in [0.5, 0.6) is 0 Å². The van der Waals surface area contributed by atoms with Crippen LogP contribution in [0.25, 0.3) is 0 Å². The Labute approximate surface area is 78.9 Å². The molecule has 0 amide bonds. The fourth-order valence-corrected chi connectivity index (χ4v) is 1.04. The summed E-state index contributed by atoms with van der Waals surface area (Å²) in [5.74, 6) is 0. The Morgan fingerprint density at radius 2 is 2.08 bits per heavy atom. The average Bonchev–Trinajstić information content (AvgIpc) is 2.19. The maximum Gasteiger partial charge on any atom is 0.0842 e. The molecular weight excluding hydrogens is 162 g/mol. The fourth-order valence-electron chi connectivity index (χ4n) is 1.04. The van der Waals surface area contributed by atoms with Crippen LogP contribution in [0.3, 0.4) is 0 Å². The Morgan fingerprint density at radius 3 is 2.69 bits per heavy atom. The zero-order valence-electron chi connectivity index (χ0n) is 7.61. The topological polar surface area (TPSA) is 32.3 Å². The van der Waals surface area contributed by atoms with Gasteiger partial charge in [0.1, 0.15) is 0 Å². The molecule has 0 spiro atoms. The normalized spacial score (nSPS) is 12.4. The van der Waals surface area contributed by atoms with Crippen molar-refractivity contribution in [2.75, 3.05) is 6.54 Å². The van der Waals surface area contributed by atoms with E-state index >= 15 is 0 Å². The number of aliphatic hydroxyl groups excluding tert-OH is 1. The number of benzene rings is 1. The quantitative estimate of drug-likeness (QED) is 0.665. The van der Waals surface area contributed by atoms with Gasteiger partial charge in [-0.3, -0.25) is 0 Å². The van der Waals surface area contributed by atoms with Crippen LogP contribution in [0, 0.1) is 0 Å². The van der Waals surface area contributed by atoms with Gasteiger partial charge in [0.05, 0.1) is 6.10 Å². The summed E-state index contributed by atoms with van der Waals surface area (Å²) in [5, 5.41) is 12.3. The first-order chi connectivity index (χ1) is 6.33. The van der Waals surface area contributed by atoms with E-state index in [9.17, 15) is 0 Å². The van der Waals surface area contributed by atoms with Crippen molar-refractivity contribution in [1.29, 1.82) is 0 Å². The highest BCUT2D eigenvalue weighted by Gasteiger charge is 1.96. The molecular formula is C11H15NO. The molecule has 0 aliphatic heterocycles. The molecule has 0 aliphatic carbocycles. The lowest BCUT2D eigenvalue weighted by atomic mass is 10.2. The molecule has 2 nitrogen and oxygen atoms in total. The maximum atomic E-state index is 9.16. The molecule has 0 fully saturated rings. The van der Waals surface area contributed by atoms with E-state index in [4.69, 9.17) is 5.11 Å². The largest absolute Gasteiger partial charge is 0.388 e. The molecule has 1 rings (SSSR count). The summed E-state index contributed by atoms with van der Waals surface area (Å²) in [4.78, 5) is 0. The standard InChI is InChI=1S/C11H15NO/c1-2-11(13)9-12-8-10-6-4-3-5-7-10/h2-7,11-13H,1,8-9H2/t11-/m0/s1. The highest BCUT2D eigenvalue weighted by molar-refractivity contribution is 5.14.